The van der Waals surface area contributed by atoms with Gasteiger partial charge in [0, 0.05) is 6.20 Å². The number of hydrogen-bond donors (Lipinski definition) is 2. The van der Waals surface area contributed by atoms with E-state index in [0.29, 0.717) is 10.6 Å². The molecule has 4 aromatic rings. The molecule has 4 aromatic heterocycles. The van der Waals surface area contributed by atoms with Crippen LogP contribution in [0.15, 0.2) is 48.1 Å². The summed E-state index contributed by atoms with van der Waals surface area (Å²) in [6, 6.07) is 9.79. The molecule has 8 heteroatoms. The normalized spacial score (nSPS) is 10.9. The first-order chi connectivity index (χ1) is 10.8. The minimum Gasteiger partial charge on any atom is -0.276 e. The van der Waals surface area contributed by atoms with Gasteiger partial charge in [-0.05, 0) is 41.9 Å². The van der Waals surface area contributed by atoms with Crippen molar-refractivity contribution in [2.24, 2.45) is 0 Å². The maximum absolute atomic E-state index is 5.32. The van der Waals surface area contributed by atoms with Crippen LogP contribution in [0.4, 0.5) is 0 Å². The van der Waals surface area contributed by atoms with Crippen LogP contribution in [0.2, 0.25) is 0 Å². The first-order valence-electron chi connectivity index (χ1n) is 6.50. The Morgan fingerprint density at radius 1 is 1.14 bits per heavy atom. The fourth-order valence-electron chi connectivity index (χ4n) is 2.19. The van der Waals surface area contributed by atoms with Crippen LogP contribution in [0.25, 0.3) is 27.8 Å². The highest BCUT2D eigenvalue weighted by Gasteiger charge is 2.14. The van der Waals surface area contributed by atoms with Crippen molar-refractivity contribution in [2.45, 2.75) is 0 Å². The molecule has 4 heterocycles. The van der Waals surface area contributed by atoms with Crippen LogP contribution in [-0.4, -0.2) is 29.9 Å². The van der Waals surface area contributed by atoms with E-state index in [1.165, 1.54) is 0 Å². The number of aromatic amines is 2. The van der Waals surface area contributed by atoms with Crippen LogP contribution in [0.5, 0.6) is 0 Å². The van der Waals surface area contributed by atoms with Gasteiger partial charge >= 0.3 is 0 Å². The maximum atomic E-state index is 5.32. The zero-order chi connectivity index (χ0) is 14.9. The van der Waals surface area contributed by atoms with Gasteiger partial charge in [0.05, 0.1) is 22.5 Å². The van der Waals surface area contributed by atoms with Crippen molar-refractivity contribution >= 4 is 23.6 Å². The fourth-order valence-corrected chi connectivity index (χ4v) is 3.12. The molecule has 0 aliphatic heterocycles. The van der Waals surface area contributed by atoms with Crippen molar-refractivity contribution in [3.05, 3.63) is 52.9 Å². The highest BCUT2D eigenvalue weighted by atomic mass is 32.1. The molecule has 0 atom stereocenters. The van der Waals surface area contributed by atoms with Gasteiger partial charge in [-0.2, -0.15) is 10.2 Å². The van der Waals surface area contributed by atoms with Crippen LogP contribution >= 0.6 is 23.6 Å². The molecule has 0 amide bonds. The lowest BCUT2D eigenvalue weighted by atomic mass is 10.3. The van der Waals surface area contributed by atoms with E-state index in [1.54, 1.807) is 23.7 Å². The summed E-state index contributed by atoms with van der Waals surface area (Å²) in [5.41, 5.74) is 2.52. The highest BCUT2D eigenvalue weighted by Crippen LogP contribution is 2.27. The van der Waals surface area contributed by atoms with E-state index in [9.17, 15) is 0 Å². The van der Waals surface area contributed by atoms with E-state index in [2.05, 4.69) is 25.4 Å². The Balaban J connectivity index is 1.83. The summed E-state index contributed by atoms with van der Waals surface area (Å²) in [4.78, 5) is 5.25. The van der Waals surface area contributed by atoms with Crippen molar-refractivity contribution in [1.29, 1.82) is 0 Å². The Hall–Kier alpha value is -2.58. The van der Waals surface area contributed by atoms with Gasteiger partial charge in [0.15, 0.2) is 10.6 Å². The third-order valence-electron chi connectivity index (χ3n) is 3.17. The Labute approximate surface area is 134 Å². The molecule has 108 valence electrons. The minimum absolute atomic E-state index is 0.503. The summed E-state index contributed by atoms with van der Waals surface area (Å²) in [6.07, 6.45) is 3.46. The fraction of sp³-hybridized carbons (Fsp3) is 0. The monoisotopic (exact) mass is 326 g/mol. The molecule has 0 spiro atoms. The number of H-pyrrole nitrogens is 2. The van der Waals surface area contributed by atoms with Gasteiger partial charge in [0.1, 0.15) is 5.69 Å². The topological polar surface area (TPSA) is 75.2 Å². The first-order valence-corrected chi connectivity index (χ1v) is 7.79. The Bertz CT molecular complexity index is 949. The average Bonchev–Trinajstić information content (AvgIpc) is 3.28. The molecular weight excluding hydrogens is 316 g/mol. The lowest BCUT2D eigenvalue weighted by molar-refractivity contribution is 1.01. The molecule has 0 saturated carbocycles. The summed E-state index contributed by atoms with van der Waals surface area (Å²) in [7, 11) is 0. The van der Waals surface area contributed by atoms with E-state index in [-0.39, 0.29) is 0 Å². The molecule has 2 N–H and O–H groups in total. The molecule has 0 fully saturated rings. The molecule has 0 aromatic carbocycles. The lowest BCUT2D eigenvalue weighted by Crippen LogP contribution is -1.98. The number of rotatable bonds is 3. The molecule has 22 heavy (non-hydrogen) atoms. The molecule has 0 unspecified atom stereocenters. The molecular formula is C14H10N6S2. The molecule has 0 saturated heterocycles. The summed E-state index contributed by atoms with van der Waals surface area (Å²) in [5, 5.41) is 16.5. The number of pyridine rings is 1. The molecule has 0 aliphatic rings. The first kappa shape index (κ1) is 13.1. The van der Waals surface area contributed by atoms with Gasteiger partial charge in [-0.15, -0.1) is 11.3 Å². The zero-order valence-corrected chi connectivity index (χ0v) is 12.9. The van der Waals surface area contributed by atoms with Crippen LogP contribution in [-0.2, 0) is 0 Å². The molecule has 0 bridgehead atoms. The molecule has 4 rings (SSSR count). The van der Waals surface area contributed by atoms with Crippen molar-refractivity contribution in [2.75, 3.05) is 0 Å². The molecule has 6 nitrogen and oxygen atoms in total. The maximum Gasteiger partial charge on any atom is 0.200 e. The quantitative estimate of drug-likeness (QED) is 0.566. The van der Waals surface area contributed by atoms with Gasteiger partial charge in [-0.25, -0.2) is 0 Å². The van der Waals surface area contributed by atoms with E-state index >= 15 is 0 Å². The molecule has 0 radical (unpaired) electrons. The van der Waals surface area contributed by atoms with Crippen molar-refractivity contribution in [3.8, 4) is 27.8 Å². The number of nitrogens with zero attached hydrogens (tertiary/aromatic N) is 4. The minimum atomic E-state index is 0.503. The van der Waals surface area contributed by atoms with E-state index in [1.807, 2.05) is 40.3 Å². The van der Waals surface area contributed by atoms with Gasteiger partial charge in [-0.1, -0.05) is 6.07 Å². The number of aromatic nitrogens is 6. The number of nitrogens with one attached hydrogen (secondary N) is 2. The largest absolute Gasteiger partial charge is 0.276 e. The SMILES string of the molecule is S=c1[nH]nc(-c2cc(-c3cccs3)[nH]n2)n1-c1cccnc1. The van der Waals surface area contributed by atoms with Crippen molar-refractivity contribution in [3.63, 3.8) is 0 Å². The molecule has 0 aliphatic carbocycles. The van der Waals surface area contributed by atoms with Crippen LogP contribution in [0.1, 0.15) is 0 Å². The van der Waals surface area contributed by atoms with E-state index < -0.39 is 0 Å². The van der Waals surface area contributed by atoms with Gasteiger partial charge in [0.2, 0.25) is 0 Å². The zero-order valence-electron chi connectivity index (χ0n) is 11.2. The van der Waals surface area contributed by atoms with Gasteiger partial charge < -0.3 is 0 Å². The Kier molecular flexibility index (Phi) is 3.17. The Morgan fingerprint density at radius 2 is 2.09 bits per heavy atom. The third-order valence-corrected chi connectivity index (χ3v) is 4.35. The lowest BCUT2D eigenvalue weighted by Gasteiger charge is -2.03. The van der Waals surface area contributed by atoms with Crippen LogP contribution in [0, 0.1) is 4.77 Å². The standard InChI is InChI=1S/C14H10N6S2/c21-14-19-18-13(20(14)9-3-1-5-15-8-9)11-7-10(16-17-11)12-4-2-6-22-12/h1-8H,(H,16,17)(H,19,21). The Morgan fingerprint density at radius 3 is 2.86 bits per heavy atom. The number of thiophene rings is 1. The van der Waals surface area contributed by atoms with Crippen LogP contribution < -0.4 is 0 Å². The predicted octanol–water partition coefficient (Wildman–Crippen LogP) is 3.44. The smallest absolute Gasteiger partial charge is 0.200 e. The second kappa shape index (κ2) is 5.32. The summed E-state index contributed by atoms with van der Waals surface area (Å²) < 4.78 is 2.32. The van der Waals surface area contributed by atoms with Gasteiger partial charge in [0.25, 0.3) is 0 Å². The van der Waals surface area contributed by atoms with Crippen molar-refractivity contribution in [1.82, 2.24) is 29.9 Å². The van der Waals surface area contributed by atoms with Crippen molar-refractivity contribution < 1.29 is 0 Å². The van der Waals surface area contributed by atoms with Gasteiger partial charge in [-0.3, -0.25) is 19.7 Å². The summed E-state index contributed by atoms with van der Waals surface area (Å²) >= 11 is 6.98. The third kappa shape index (κ3) is 2.18. The average molecular weight is 326 g/mol. The predicted molar refractivity (Wildman–Crippen MR) is 87.4 cm³/mol. The second-order valence-electron chi connectivity index (χ2n) is 4.54. The summed E-state index contributed by atoms with van der Waals surface area (Å²) in [5.74, 6) is 0.650. The highest BCUT2D eigenvalue weighted by molar-refractivity contribution is 7.71. The summed E-state index contributed by atoms with van der Waals surface area (Å²) in [6.45, 7) is 0. The van der Waals surface area contributed by atoms with Crippen LogP contribution in [0.3, 0.4) is 0 Å². The van der Waals surface area contributed by atoms with E-state index in [4.69, 9.17) is 12.2 Å². The second-order valence-corrected chi connectivity index (χ2v) is 5.88. The van der Waals surface area contributed by atoms with E-state index in [0.717, 1.165) is 22.0 Å². The number of hydrogen-bond acceptors (Lipinski definition) is 5.